The molecular weight excluding hydrogens is 304 g/mol. The molecule has 0 aliphatic heterocycles. The van der Waals surface area contributed by atoms with Crippen molar-refractivity contribution < 1.29 is 19.4 Å². The molecule has 134 valence electrons. The predicted molar refractivity (Wildman–Crippen MR) is 91.0 cm³/mol. The summed E-state index contributed by atoms with van der Waals surface area (Å²) in [6.07, 6.45) is 9.10. The lowest BCUT2D eigenvalue weighted by Gasteiger charge is -2.33. The number of carbonyl (C=O) groups is 2. The first-order valence-corrected chi connectivity index (χ1v) is 9.30. The summed E-state index contributed by atoms with van der Waals surface area (Å²) in [7, 11) is 0. The molecule has 0 bridgehead atoms. The predicted octanol–water partition coefficient (Wildman–Crippen LogP) is 2.99. The fraction of sp³-hybridized carbons (Fsp3) is 0.800. The zero-order chi connectivity index (χ0) is 17.5. The van der Waals surface area contributed by atoms with Gasteiger partial charge in [0.25, 0.3) is 0 Å². The maximum Gasteiger partial charge on any atom is 0.311 e. The number of allylic oxidation sites excluding steroid dienone is 2. The zero-order valence-electron chi connectivity index (χ0n) is 15.0. The molecular formula is C20H30O4. The molecule has 0 unspecified atom stereocenters. The molecule has 2 saturated carbocycles. The van der Waals surface area contributed by atoms with Crippen LogP contribution in [-0.2, 0) is 14.3 Å². The van der Waals surface area contributed by atoms with Crippen LogP contribution in [-0.4, -0.2) is 30.1 Å². The fourth-order valence-corrected chi connectivity index (χ4v) is 5.17. The number of hydrogen-bond donors (Lipinski definition) is 1. The van der Waals surface area contributed by atoms with Crippen molar-refractivity contribution in [3.8, 4) is 0 Å². The first-order valence-electron chi connectivity index (χ1n) is 9.30. The summed E-state index contributed by atoms with van der Waals surface area (Å²) in [4.78, 5) is 23.6. The molecule has 0 aromatic carbocycles. The average molecular weight is 334 g/mol. The van der Waals surface area contributed by atoms with E-state index in [1.54, 1.807) is 0 Å². The summed E-state index contributed by atoms with van der Waals surface area (Å²) in [6.45, 7) is 5.81. The summed E-state index contributed by atoms with van der Waals surface area (Å²) >= 11 is 0. The molecule has 3 aliphatic carbocycles. The van der Waals surface area contributed by atoms with Gasteiger partial charge in [-0.15, -0.1) is 0 Å². The third-order valence-electron chi connectivity index (χ3n) is 6.36. The van der Waals surface area contributed by atoms with E-state index in [0.29, 0.717) is 30.1 Å². The van der Waals surface area contributed by atoms with Crippen molar-refractivity contribution in [3.05, 3.63) is 12.2 Å². The molecule has 0 spiro atoms. The van der Waals surface area contributed by atoms with Gasteiger partial charge in [0, 0.05) is 12.5 Å². The molecule has 24 heavy (non-hydrogen) atoms. The topological polar surface area (TPSA) is 63.6 Å². The van der Waals surface area contributed by atoms with E-state index in [9.17, 15) is 14.7 Å². The molecule has 3 aliphatic rings. The van der Waals surface area contributed by atoms with Gasteiger partial charge in [0.05, 0.1) is 5.41 Å². The Bertz CT molecular complexity index is 518. The Balaban J connectivity index is 1.70. The second kappa shape index (κ2) is 6.62. The second-order valence-corrected chi connectivity index (χ2v) is 8.91. The summed E-state index contributed by atoms with van der Waals surface area (Å²) in [5.74, 6) is 2.06. The highest BCUT2D eigenvalue weighted by Gasteiger charge is 2.51. The Morgan fingerprint density at radius 2 is 1.96 bits per heavy atom. The van der Waals surface area contributed by atoms with E-state index >= 15 is 0 Å². The van der Waals surface area contributed by atoms with Gasteiger partial charge >= 0.3 is 5.97 Å². The Hall–Kier alpha value is -1.16. The Labute approximate surface area is 144 Å². The van der Waals surface area contributed by atoms with Gasteiger partial charge in [-0.2, -0.15) is 0 Å². The maximum atomic E-state index is 12.2. The van der Waals surface area contributed by atoms with E-state index in [-0.39, 0.29) is 30.5 Å². The first kappa shape index (κ1) is 17.7. The van der Waals surface area contributed by atoms with E-state index < -0.39 is 5.41 Å². The molecule has 0 radical (unpaired) electrons. The van der Waals surface area contributed by atoms with Gasteiger partial charge in [0.15, 0.2) is 0 Å². The first-order chi connectivity index (χ1) is 11.3. The van der Waals surface area contributed by atoms with Gasteiger partial charge in [-0.1, -0.05) is 12.2 Å². The molecule has 0 aromatic heterocycles. The van der Waals surface area contributed by atoms with Crippen LogP contribution in [0.4, 0.5) is 0 Å². The van der Waals surface area contributed by atoms with Crippen LogP contribution in [0.3, 0.4) is 0 Å². The lowest BCUT2D eigenvalue weighted by Crippen LogP contribution is -2.28. The number of hydrogen-bond acceptors (Lipinski definition) is 4. The summed E-state index contributed by atoms with van der Waals surface area (Å²) < 4.78 is 5.76. The van der Waals surface area contributed by atoms with Gasteiger partial charge in [-0.05, 0) is 76.0 Å². The Morgan fingerprint density at radius 1 is 1.21 bits per heavy atom. The Kier molecular flexibility index (Phi) is 4.87. The molecule has 4 heteroatoms. The van der Waals surface area contributed by atoms with E-state index in [4.69, 9.17) is 4.74 Å². The Morgan fingerprint density at radius 3 is 2.58 bits per heavy atom. The molecule has 0 heterocycles. The smallest absolute Gasteiger partial charge is 0.311 e. The van der Waals surface area contributed by atoms with Crippen LogP contribution in [0.2, 0.25) is 0 Å². The van der Waals surface area contributed by atoms with Crippen molar-refractivity contribution >= 4 is 12.3 Å². The maximum absolute atomic E-state index is 12.2. The molecule has 1 N–H and O–H groups in total. The third kappa shape index (κ3) is 3.17. The van der Waals surface area contributed by atoms with Gasteiger partial charge in [-0.3, -0.25) is 4.79 Å². The minimum absolute atomic E-state index is 0.00157. The van der Waals surface area contributed by atoms with E-state index in [1.807, 2.05) is 20.8 Å². The van der Waals surface area contributed by atoms with Crippen LogP contribution in [0.1, 0.15) is 46.5 Å². The van der Waals surface area contributed by atoms with E-state index in [0.717, 1.165) is 25.5 Å². The largest absolute Gasteiger partial charge is 0.462 e. The molecule has 7 atom stereocenters. The fourth-order valence-electron chi connectivity index (χ4n) is 5.17. The molecule has 0 saturated heterocycles. The van der Waals surface area contributed by atoms with E-state index in [2.05, 4.69) is 12.2 Å². The minimum atomic E-state index is -0.464. The van der Waals surface area contributed by atoms with Gasteiger partial charge in [0.2, 0.25) is 0 Å². The highest BCUT2D eigenvalue weighted by atomic mass is 16.5. The number of aliphatic hydroxyl groups excluding tert-OH is 1. The van der Waals surface area contributed by atoms with Gasteiger partial charge in [-0.25, -0.2) is 0 Å². The zero-order valence-corrected chi connectivity index (χ0v) is 15.0. The number of esters is 1. The van der Waals surface area contributed by atoms with Crippen molar-refractivity contribution in [2.24, 2.45) is 40.9 Å². The summed E-state index contributed by atoms with van der Waals surface area (Å²) in [5.41, 5.74) is -0.464. The standard InChI is InChI=1S/C20H30O4/c1-20(2,3)19(23)24-14-8-12-4-5-16-15(6-7-21)13(11-22)9-18(16)17(12)10-14/h4-5,11-18,21H,6-10H2,1-3H3/t12-,13+,14-,15-,16+,17-,18-/m1/s1. The molecule has 3 rings (SSSR count). The number of aliphatic hydroxyl groups is 1. The molecule has 0 amide bonds. The lowest BCUT2D eigenvalue weighted by molar-refractivity contribution is -0.158. The van der Waals surface area contributed by atoms with Gasteiger partial charge < -0.3 is 14.6 Å². The minimum Gasteiger partial charge on any atom is -0.462 e. The summed E-state index contributed by atoms with van der Waals surface area (Å²) in [6, 6.07) is 0. The number of rotatable bonds is 4. The van der Waals surface area contributed by atoms with Crippen molar-refractivity contribution in [2.45, 2.75) is 52.6 Å². The van der Waals surface area contributed by atoms with Crippen LogP contribution < -0.4 is 0 Å². The molecule has 0 aromatic rings. The summed E-state index contributed by atoms with van der Waals surface area (Å²) in [5, 5.41) is 9.34. The number of aldehydes is 1. The lowest BCUT2D eigenvalue weighted by atomic mass is 9.71. The third-order valence-corrected chi connectivity index (χ3v) is 6.36. The van der Waals surface area contributed by atoms with Crippen LogP contribution in [0.25, 0.3) is 0 Å². The van der Waals surface area contributed by atoms with Crippen molar-refractivity contribution in [3.63, 3.8) is 0 Å². The van der Waals surface area contributed by atoms with Crippen LogP contribution >= 0.6 is 0 Å². The van der Waals surface area contributed by atoms with Crippen LogP contribution in [0.5, 0.6) is 0 Å². The molecule has 2 fully saturated rings. The van der Waals surface area contributed by atoms with E-state index in [1.165, 1.54) is 0 Å². The van der Waals surface area contributed by atoms with Crippen LogP contribution in [0.15, 0.2) is 12.2 Å². The SMILES string of the molecule is CC(C)(C)C(=O)O[C@H]1C[C@H]2[C@@H]3C[C@@H](C=O)[C@@H](CCO)[C@@H]3C=C[C@@H]2C1. The highest BCUT2D eigenvalue weighted by molar-refractivity contribution is 5.75. The number of ether oxygens (including phenoxy) is 1. The normalized spacial score (nSPS) is 40.9. The number of carbonyl (C=O) groups excluding carboxylic acids is 2. The second-order valence-electron chi connectivity index (χ2n) is 8.91. The highest BCUT2D eigenvalue weighted by Crippen LogP contribution is 2.55. The molecule has 4 nitrogen and oxygen atoms in total. The van der Waals surface area contributed by atoms with Crippen LogP contribution in [0, 0.1) is 40.9 Å². The van der Waals surface area contributed by atoms with Gasteiger partial charge in [0.1, 0.15) is 12.4 Å². The average Bonchev–Trinajstić information content (AvgIpc) is 3.07. The quantitative estimate of drug-likeness (QED) is 0.488. The van der Waals surface area contributed by atoms with Crippen molar-refractivity contribution in [1.82, 2.24) is 0 Å². The monoisotopic (exact) mass is 334 g/mol. The van der Waals surface area contributed by atoms with Crippen molar-refractivity contribution in [2.75, 3.05) is 6.61 Å². The van der Waals surface area contributed by atoms with Crippen molar-refractivity contribution in [1.29, 1.82) is 0 Å². The number of fused-ring (bicyclic) bond motifs is 3.